The molecule has 0 radical (unpaired) electrons. The van der Waals surface area contributed by atoms with Gasteiger partial charge in [-0.15, -0.1) is 12.6 Å². The summed E-state index contributed by atoms with van der Waals surface area (Å²) in [7, 11) is 1.33. The quantitative estimate of drug-likeness (QED) is 0.633. The summed E-state index contributed by atoms with van der Waals surface area (Å²) in [6.07, 6.45) is 0. The number of rotatable bonds is 3. The summed E-state index contributed by atoms with van der Waals surface area (Å²) in [6, 6.07) is 3.77. The average Bonchev–Trinajstić information content (AvgIpc) is 2.21. The second-order valence-electron chi connectivity index (χ2n) is 3.27. The first-order chi connectivity index (χ1) is 7.04. The number of esters is 1. The van der Waals surface area contributed by atoms with E-state index in [0.717, 1.165) is 16.0 Å². The summed E-state index contributed by atoms with van der Waals surface area (Å²) in [5.74, 6) is 0.303. The Morgan fingerprint density at radius 3 is 2.60 bits per heavy atom. The standard InChI is InChI=1S/C11H14O3S/c1-7-5-10(15)8(2)4-9(7)14-6-11(12)13-3/h4-5,15H,6H2,1-3H3. The largest absolute Gasteiger partial charge is 0.482 e. The molecule has 1 aromatic rings. The average molecular weight is 226 g/mol. The van der Waals surface area contributed by atoms with Gasteiger partial charge in [0, 0.05) is 4.90 Å². The Kier molecular flexibility index (Phi) is 4.03. The molecule has 0 heterocycles. The molecule has 1 aromatic carbocycles. The second kappa shape index (κ2) is 5.07. The van der Waals surface area contributed by atoms with Crippen molar-refractivity contribution < 1.29 is 14.3 Å². The maximum absolute atomic E-state index is 10.9. The second-order valence-corrected chi connectivity index (χ2v) is 3.75. The van der Waals surface area contributed by atoms with E-state index in [9.17, 15) is 4.79 Å². The highest BCUT2D eigenvalue weighted by Gasteiger charge is 2.06. The van der Waals surface area contributed by atoms with Crippen LogP contribution < -0.4 is 4.74 Å². The zero-order valence-electron chi connectivity index (χ0n) is 9.03. The van der Waals surface area contributed by atoms with Crippen LogP contribution in [0.2, 0.25) is 0 Å². The minimum absolute atomic E-state index is 0.0668. The van der Waals surface area contributed by atoms with Crippen LogP contribution in [0.3, 0.4) is 0 Å². The summed E-state index contributed by atoms with van der Waals surface area (Å²) in [6.45, 7) is 3.78. The maximum Gasteiger partial charge on any atom is 0.343 e. The normalized spacial score (nSPS) is 9.87. The van der Waals surface area contributed by atoms with Crippen LogP contribution in [0.4, 0.5) is 0 Å². The zero-order valence-corrected chi connectivity index (χ0v) is 9.93. The van der Waals surface area contributed by atoms with Crippen molar-refractivity contribution in [2.45, 2.75) is 18.7 Å². The molecule has 0 aromatic heterocycles. The molecule has 1 rings (SSSR count). The van der Waals surface area contributed by atoms with Crippen molar-refractivity contribution in [1.29, 1.82) is 0 Å². The molecule has 82 valence electrons. The van der Waals surface area contributed by atoms with Gasteiger partial charge in [0.15, 0.2) is 6.61 Å². The molecule has 0 saturated heterocycles. The van der Waals surface area contributed by atoms with E-state index in [1.165, 1.54) is 7.11 Å². The number of aryl methyl sites for hydroxylation is 2. The summed E-state index contributed by atoms with van der Waals surface area (Å²) in [4.78, 5) is 11.8. The van der Waals surface area contributed by atoms with Crippen LogP contribution in [0.25, 0.3) is 0 Å². The highest BCUT2D eigenvalue weighted by Crippen LogP contribution is 2.24. The van der Waals surface area contributed by atoms with Gasteiger partial charge in [0.1, 0.15) is 5.75 Å². The Hall–Kier alpha value is -1.16. The van der Waals surface area contributed by atoms with Crippen molar-refractivity contribution in [1.82, 2.24) is 0 Å². The van der Waals surface area contributed by atoms with Crippen molar-refractivity contribution in [3.05, 3.63) is 23.3 Å². The number of hydrogen-bond acceptors (Lipinski definition) is 4. The lowest BCUT2D eigenvalue weighted by Gasteiger charge is -2.10. The predicted octanol–water partition coefficient (Wildman–Crippen LogP) is 2.14. The first-order valence-electron chi connectivity index (χ1n) is 4.54. The van der Waals surface area contributed by atoms with E-state index in [0.29, 0.717) is 5.75 Å². The molecule has 0 spiro atoms. The van der Waals surface area contributed by atoms with Crippen LogP contribution in [0, 0.1) is 13.8 Å². The molecule has 0 N–H and O–H groups in total. The zero-order chi connectivity index (χ0) is 11.4. The molecule has 0 aliphatic carbocycles. The molecule has 0 atom stereocenters. The predicted molar refractivity (Wildman–Crippen MR) is 60.7 cm³/mol. The molecule has 4 heteroatoms. The highest BCUT2D eigenvalue weighted by atomic mass is 32.1. The SMILES string of the molecule is COC(=O)COc1cc(C)c(S)cc1C. The first kappa shape index (κ1) is 11.9. The van der Waals surface area contributed by atoms with Gasteiger partial charge in [-0.2, -0.15) is 0 Å². The van der Waals surface area contributed by atoms with Crippen LogP contribution in [-0.2, 0) is 9.53 Å². The molecule has 0 fully saturated rings. The van der Waals surface area contributed by atoms with Crippen molar-refractivity contribution in [3.8, 4) is 5.75 Å². The summed E-state index contributed by atoms with van der Waals surface area (Å²) in [5.41, 5.74) is 1.97. The number of hydrogen-bond donors (Lipinski definition) is 1. The van der Waals surface area contributed by atoms with Gasteiger partial charge in [-0.3, -0.25) is 0 Å². The Morgan fingerprint density at radius 2 is 2.00 bits per heavy atom. The summed E-state index contributed by atoms with van der Waals surface area (Å²) in [5, 5.41) is 0. The molecule has 0 unspecified atom stereocenters. The van der Waals surface area contributed by atoms with Crippen LogP contribution in [-0.4, -0.2) is 19.7 Å². The lowest BCUT2D eigenvalue weighted by molar-refractivity contribution is -0.142. The first-order valence-corrected chi connectivity index (χ1v) is 4.99. The third-order valence-electron chi connectivity index (χ3n) is 2.07. The Balaban J connectivity index is 2.77. The number of methoxy groups -OCH3 is 1. The lowest BCUT2D eigenvalue weighted by Crippen LogP contribution is -2.13. The van der Waals surface area contributed by atoms with Crippen LogP contribution in [0.5, 0.6) is 5.75 Å². The van der Waals surface area contributed by atoms with E-state index in [2.05, 4.69) is 17.4 Å². The minimum Gasteiger partial charge on any atom is -0.482 e. The molecule has 0 aliphatic heterocycles. The molecule has 0 bridgehead atoms. The molecule has 0 aliphatic rings. The Bertz CT molecular complexity index is 374. The van der Waals surface area contributed by atoms with Gasteiger partial charge in [-0.1, -0.05) is 0 Å². The number of thiol groups is 1. The van der Waals surface area contributed by atoms with Crippen molar-refractivity contribution >= 4 is 18.6 Å². The highest BCUT2D eigenvalue weighted by molar-refractivity contribution is 7.80. The van der Waals surface area contributed by atoms with Gasteiger partial charge in [-0.25, -0.2) is 4.79 Å². The smallest absolute Gasteiger partial charge is 0.343 e. The van der Waals surface area contributed by atoms with E-state index < -0.39 is 0 Å². The van der Waals surface area contributed by atoms with E-state index in [1.54, 1.807) is 0 Å². The monoisotopic (exact) mass is 226 g/mol. The lowest BCUT2D eigenvalue weighted by atomic mass is 10.1. The molecular weight excluding hydrogens is 212 g/mol. The number of ether oxygens (including phenoxy) is 2. The van der Waals surface area contributed by atoms with Crippen molar-refractivity contribution in [2.75, 3.05) is 13.7 Å². The molecular formula is C11H14O3S. The third-order valence-corrected chi connectivity index (χ3v) is 2.55. The van der Waals surface area contributed by atoms with E-state index in [1.807, 2.05) is 26.0 Å². The van der Waals surface area contributed by atoms with Gasteiger partial charge < -0.3 is 9.47 Å². The molecule has 3 nitrogen and oxygen atoms in total. The number of carbonyl (C=O) groups is 1. The number of benzene rings is 1. The Morgan fingerprint density at radius 1 is 1.33 bits per heavy atom. The maximum atomic E-state index is 10.9. The van der Waals surface area contributed by atoms with Crippen LogP contribution >= 0.6 is 12.6 Å². The number of carbonyl (C=O) groups excluding carboxylic acids is 1. The molecule has 0 saturated carbocycles. The van der Waals surface area contributed by atoms with Crippen molar-refractivity contribution in [3.63, 3.8) is 0 Å². The fourth-order valence-electron chi connectivity index (χ4n) is 1.13. The van der Waals surface area contributed by atoms with Crippen molar-refractivity contribution in [2.24, 2.45) is 0 Å². The van der Waals surface area contributed by atoms with E-state index in [4.69, 9.17) is 4.74 Å². The topological polar surface area (TPSA) is 35.5 Å². The van der Waals surface area contributed by atoms with Crippen LogP contribution in [0.1, 0.15) is 11.1 Å². The van der Waals surface area contributed by atoms with Gasteiger partial charge in [0.2, 0.25) is 0 Å². The summed E-state index contributed by atoms with van der Waals surface area (Å²) < 4.78 is 9.80. The molecule has 15 heavy (non-hydrogen) atoms. The van der Waals surface area contributed by atoms with Gasteiger partial charge >= 0.3 is 5.97 Å². The van der Waals surface area contributed by atoms with E-state index >= 15 is 0 Å². The Labute approximate surface area is 94.8 Å². The summed E-state index contributed by atoms with van der Waals surface area (Å²) >= 11 is 4.29. The minimum atomic E-state index is -0.387. The van der Waals surface area contributed by atoms with E-state index in [-0.39, 0.29) is 12.6 Å². The van der Waals surface area contributed by atoms with Gasteiger partial charge in [0.25, 0.3) is 0 Å². The van der Waals surface area contributed by atoms with Crippen LogP contribution in [0.15, 0.2) is 17.0 Å². The van der Waals surface area contributed by atoms with Gasteiger partial charge in [0.05, 0.1) is 7.11 Å². The fourth-order valence-corrected chi connectivity index (χ4v) is 1.38. The third kappa shape index (κ3) is 3.16. The van der Waals surface area contributed by atoms with Gasteiger partial charge in [-0.05, 0) is 37.1 Å². The molecule has 0 amide bonds. The fraction of sp³-hybridized carbons (Fsp3) is 0.364.